The lowest BCUT2D eigenvalue weighted by Crippen LogP contribution is -3.00. The molecule has 2 aromatic rings. The van der Waals surface area contributed by atoms with Crippen molar-refractivity contribution in [2.45, 2.75) is 162 Å². The average Bonchev–Trinajstić information content (AvgIpc) is 3.13. The number of carbonyl (C=O) groups is 3. The van der Waals surface area contributed by atoms with Gasteiger partial charge in [-0.15, -0.1) is 0 Å². The molecule has 3 rings (SSSR count). The molecular weight excluding hydrogens is 676 g/mol. The highest BCUT2D eigenvalue weighted by Crippen LogP contribution is 2.22. The smallest absolute Gasteiger partial charge is 0.417 e. The number of halogens is 1. The Hall–Kier alpha value is -3.17. The molecule has 292 valence electrons. The Labute approximate surface area is 320 Å². The van der Waals surface area contributed by atoms with Crippen molar-refractivity contribution in [3.05, 3.63) is 65.5 Å². The van der Waals surface area contributed by atoms with Gasteiger partial charge in [0.25, 0.3) is 0 Å². The van der Waals surface area contributed by atoms with E-state index in [0.29, 0.717) is 6.54 Å². The summed E-state index contributed by atoms with van der Waals surface area (Å²) in [5, 5.41) is 2.88. The Morgan fingerprint density at radius 1 is 0.788 bits per heavy atom. The first kappa shape index (κ1) is 45.0. The van der Waals surface area contributed by atoms with Gasteiger partial charge in [-0.1, -0.05) is 134 Å². The molecule has 10 heteroatoms. The molecule has 2 heterocycles. The quantitative estimate of drug-likeness (QED) is 0.0907. The molecule has 0 aliphatic carbocycles. The minimum absolute atomic E-state index is 0. The first-order valence-electron chi connectivity index (χ1n) is 20.1. The lowest BCUT2D eigenvalue weighted by atomic mass is 10.0. The molecule has 1 aliphatic heterocycles. The minimum atomic E-state index is -0.612. The maximum absolute atomic E-state index is 12.9. The molecule has 0 radical (unpaired) electrons. The fraction of sp³-hybridized carbons (Fsp3) is 0.667. The van der Waals surface area contributed by atoms with E-state index in [9.17, 15) is 14.4 Å². The zero-order valence-corrected chi connectivity index (χ0v) is 33.2. The van der Waals surface area contributed by atoms with Gasteiger partial charge in [0.2, 0.25) is 11.6 Å². The zero-order valence-electron chi connectivity index (χ0n) is 32.4. The third kappa shape index (κ3) is 18.0. The highest BCUT2D eigenvalue weighted by Gasteiger charge is 2.31. The minimum Gasteiger partial charge on any atom is -1.00 e. The van der Waals surface area contributed by atoms with Crippen LogP contribution in [0.3, 0.4) is 0 Å². The Bertz CT molecular complexity index is 1280. The van der Waals surface area contributed by atoms with Crippen molar-refractivity contribution in [3.8, 4) is 0 Å². The van der Waals surface area contributed by atoms with E-state index < -0.39 is 6.09 Å². The van der Waals surface area contributed by atoms with Crippen LogP contribution in [0.4, 0.5) is 9.59 Å². The van der Waals surface area contributed by atoms with Crippen LogP contribution in [0.2, 0.25) is 0 Å². The van der Waals surface area contributed by atoms with Crippen LogP contribution >= 0.6 is 0 Å². The van der Waals surface area contributed by atoms with E-state index in [1.807, 2.05) is 48.0 Å². The number of ether oxygens (including phenoxy) is 2. The number of rotatable bonds is 26. The molecule has 0 bridgehead atoms. The highest BCUT2D eigenvalue weighted by atomic mass is 35.5. The summed E-state index contributed by atoms with van der Waals surface area (Å²) in [6.45, 7) is 9.40. The predicted octanol–water partition coefficient (Wildman–Crippen LogP) is 6.25. The number of likely N-dealkylation sites (tertiary alicyclic amines) is 1. The largest absolute Gasteiger partial charge is 1.00 e. The number of pyridine rings is 1. The van der Waals surface area contributed by atoms with Crippen LogP contribution in [-0.4, -0.2) is 53.6 Å². The number of imide groups is 1. The van der Waals surface area contributed by atoms with Crippen molar-refractivity contribution in [3.63, 3.8) is 0 Å². The van der Waals surface area contributed by atoms with Crippen molar-refractivity contribution >= 4 is 18.1 Å². The van der Waals surface area contributed by atoms with Crippen LogP contribution < -0.4 is 22.3 Å². The van der Waals surface area contributed by atoms with Gasteiger partial charge in [-0.3, -0.25) is 9.69 Å². The molecule has 1 saturated heterocycles. The topological polar surface area (TPSA) is 92.1 Å². The molecule has 9 nitrogen and oxygen atoms in total. The third-order valence-corrected chi connectivity index (χ3v) is 10.0. The molecule has 0 spiro atoms. The Kier molecular flexibility index (Phi) is 23.7. The summed E-state index contributed by atoms with van der Waals surface area (Å²) in [6.07, 6.45) is 23.2. The number of carbonyl (C=O) groups excluding carboxylic acids is 3. The van der Waals surface area contributed by atoms with E-state index in [2.05, 4.69) is 29.3 Å². The van der Waals surface area contributed by atoms with E-state index in [1.54, 1.807) is 0 Å². The van der Waals surface area contributed by atoms with Gasteiger partial charge in [0.15, 0.2) is 6.20 Å². The number of benzene rings is 1. The monoisotopic (exact) mass is 742 g/mol. The van der Waals surface area contributed by atoms with Crippen molar-refractivity contribution in [2.24, 2.45) is 0 Å². The number of nitrogens with zero attached hydrogens (tertiary/aromatic N) is 3. The van der Waals surface area contributed by atoms with Crippen LogP contribution in [0.15, 0.2) is 48.7 Å². The molecule has 0 saturated carbocycles. The number of hydrogen-bond donors (Lipinski definition) is 1. The molecule has 1 fully saturated rings. The summed E-state index contributed by atoms with van der Waals surface area (Å²) in [4.78, 5) is 40.7. The first-order valence-corrected chi connectivity index (χ1v) is 20.1. The Morgan fingerprint density at radius 2 is 1.37 bits per heavy atom. The predicted molar refractivity (Wildman–Crippen MR) is 203 cm³/mol. The van der Waals surface area contributed by atoms with Crippen molar-refractivity contribution in [1.29, 1.82) is 0 Å². The summed E-state index contributed by atoms with van der Waals surface area (Å²) in [5.74, 6) is -0.339. The van der Waals surface area contributed by atoms with Gasteiger partial charge in [0.05, 0.1) is 0 Å². The summed E-state index contributed by atoms with van der Waals surface area (Å²) < 4.78 is 13.0. The van der Waals surface area contributed by atoms with Gasteiger partial charge in [-0.2, -0.15) is 0 Å². The van der Waals surface area contributed by atoms with Gasteiger partial charge in [0.1, 0.15) is 26.3 Å². The molecule has 1 atom stereocenters. The van der Waals surface area contributed by atoms with Crippen molar-refractivity contribution < 1.29 is 40.8 Å². The van der Waals surface area contributed by atoms with Gasteiger partial charge in [0, 0.05) is 44.7 Å². The lowest BCUT2D eigenvalue weighted by Gasteiger charge is -2.40. The number of nitrogens with one attached hydrogen (secondary N) is 1. The SMILES string of the molecule is CCCCCCCCCCCCCCCCCCNC(=O)OCc1ccc(CN2CCC2COC(=O)N(Cc2cccc[n+]2CC)C(C)=O)cc1.[Cl-]. The number of aryl methyl sites for hydroxylation is 1. The van der Waals surface area contributed by atoms with E-state index in [1.165, 1.54) is 96.8 Å². The Morgan fingerprint density at radius 3 is 1.90 bits per heavy atom. The molecule has 1 aromatic carbocycles. The van der Waals surface area contributed by atoms with E-state index in [-0.39, 0.29) is 50.2 Å². The molecular formula is C42H67ClN4O5. The molecule has 1 unspecified atom stereocenters. The summed E-state index contributed by atoms with van der Waals surface area (Å²) in [5.41, 5.74) is 2.95. The van der Waals surface area contributed by atoms with Crippen LogP contribution in [0.25, 0.3) is 0 Å². The third-order valence-electron chi connectivity index (χ3n) is 10.0. The van der Waals surface area contributed by atoms with Gasteiger partial charge in [-0.25, -0.2) is 19.1 Å². The zero-order chi connectivity index (χ0) is 36.5. The normalized spacial score (nSPS) is 13.9. The molecule has 1 aromatic heterocycles. The van der Waals surface area contributed by atoms with Gasteiger partial charge in [-0.05, 0) is 30.9 Å². The number of unbranched alkanes of at least 4 members (excludes halogenated alkanes) is 15. The van der Waals surface area contributed by atoms with Crippen LogP contribution in [0, 0.1) is 0 Å². The number of aromatic nitrogens is 1. The molecule has 1 N–H and O–H groups in total. The molecule has 3 amide bonds. The van der Waals surface area contributed by atoms with E-state index in [0.717, 1.165) is 60.6 Å². The lowest BCUT2D eigenvalue weighted by molar-refractivity contribution is -0.701. The van der Waals surface area contributed by atoms with Gasteiger partial charge >= 0.3 is 12.2 Å². The number of hydrogen-bond acceptors (Lipinski definition) is 6. The first-order chi connectivity index (χ1) is 24.9. The maximum Gasteiger partial charge on any atom is 0.417 e. The molecule has 1 aliphatic rings. The average molecular weight is 743 g/mol. The molecule has 52 heavy (non-hydrogen) atoms. The highest BCUT2D eigenvalue weighted by molar-refractivity contribution is 5.90. The van der Waals surface area contributed by atoms with Crippen LogP contribution in [-0.2, 0) is 40.5 Å². The van der Waals surface area contributed by atoms with Crippen LogP contribution in [0.1, 0.15) is 147 Å². The fourth-order valence-electron chi connectivity index (χ4n) is 6.61. The van der Waals surface area contributed by atoms with Crippen molar-refractivity contribution in [1.82, 2.24) is 15.1 Å². The second-order valence-electron chi connectivity index (χ2n) is 14.2. The van der Waals surface area contributed by atoms with Gasteiger partial charge < -0.3 is 27.2 Å². The number of amides is 3. The number of alkyl carbamates (subject to hydrolysis) is 1. The fourth-order valence-corrected chi connectivity index (χ4v) is 6.61. The second-order valence-corrected chi connectivity index (χ2v) is 14.2. The van der Waals surface area contributed by atoms with E-state index >= 15 is 0 Å². The van der Waals surface area contributed by atoms with Crippen LogP contribution in [0.5, 0.6) is 0 Å². The summed E-state index contributed by atoms with van der Waals surface area (Å²) in [6, 6.07) is 13.9. The Balaban J connectivity index is 0.00000936. The van der Waals surface area contributed by atoms with E-state index in [4.69, 9.17) is 9.47 Å². The van der Waals surface area contributed by atoms with Crippen molar-refractivity contribution in [2.75, 3.05) is 19.7 Å². The second kappa shape index (κ2) is 27.4. The standard InChI is InChI=1S/C42H66N4O5.ClH/c1-4-6-7-8-9-10-11-12-13-14-15-16-17-18-19-21-29-43-41(48)50-34-38-26-24-37(25-27-38)32-45-31-28-40(45)35-51-42(49)46(36(3)47)33-39-23-20-22-30-44(39)5-2;/h20,22-27,30,40H,4-19,21,28-29,31-35H2,1-3H3;1H. The summed E-state index contributed by atoms with van der Waals surface area (Å²) >= 11 is 0. The maximum atomic E-state index is 12.9. The summed E-state index contributed by atoms with van der Waals surface area (Å²) in [7, 11) is 0.